The lowest BCUT2D eigenvalue weighted by Gasteiger charge is -2.12. The zero-order valence-corrected chi connectivity index (χ0v) is 14.1. The van der Waals surface area contributed by atoms with Crippen molar-refractivity contribution >= 4 is 27.6 Å². The molecule has 0 unspecified atom stereocenters. The molecular weight excluding hydrogens is 388 g/mol. The maximum atomic E-state index is 13.9. The molecule has 24 heavy (non-hydrogen) atoms. The fraction of sp³-hybridized carbons (Fsp3) is 0.188. The molecule has 1 N–H and O–H groups in total. The molecule has 2 aromatic carbocycles. The first kappa shape index (κ1) is 16.5. The fourth-order valence-electron chi connectivity index (χ4n) is 2.24. The Morgan fingerprint density at radius 1 is 1.21 bits per heavy atom. The van der Waals surface area contributed by atoms with E-state index < -0.39 is 17.6 Å². The standard InChI is InChI=1S/C16H12BrF2NO4/c1-22-16(21)9-3-13(12(19)5-11(9)18)20-6-8-2-14-15(4-10(8)17)24-7-23-14/h2-5,20H,6-7H2,1H3. The number of nitrogens with one attached hydrogen (secondary N) is 1. The lowest BCUT2D eigenvalue weighted by atomic mass is 10.1. The number of anilines is 1. The van der Waals surface area contributed by atoms with Crippen LogP contribution in [0.3, 0.4) is 0 Å². The molecule has 0 amide bonds. The highest BCUT2D eigenvalue weighted by atomic mass is 79.9. The predicted octanol–water partition coefficient (Wildman–Crippen LogP) is 3.85. The highest BCUT2D eigenvalue weighted by molar-refractivity contribution is 9.10. The van der Waals surface area contributed by atoms with Crippen LogP contribution in [0.25, 0.3) is 0 Å². The van der Waals surface area contributed by atoms with Crippen molar-refractivity contribution in [3.8, 4) is 11.5 Å². The molecule has 8 heteroatoms. The maximum Gasteiger partial charge on any atom is 0.340 e. The van der Waals surface area contributed by atoms with Crippen LogP contribution in [0.2, 0.25) is 0 Å². The highest BCUT2D eigenvalue weighted by Gasteiger charge is 2.18. The first-order valence-electron chi connectivity index (χ1n) is 6.89. The van der Waals surface area contributed by atoms with Crippen LogP contribution in [-0.4, -0.2) is 19.9 Å². The third kappa shape index (κ3) is 3.14. The van der Waals surface area contributed by atoms with Gasteiger partial charge in [0.25, 0.3) is 0 Å². The number of carbonyl (C=O) groups is 1. The van der Waals surface area contributed by atoms with Gasteiger partial charge in [-0.1, -0.05) is 15.9 Å². The summed E-state index contributed by atoms with van der Waals surface area (Å²) in [5.41, 5.74) is 0.426. The highest BCUT2D eigenvalue weighted by Crippen LogP contribution is 2.37. The summed E-state index contributed by atoms with van der Waals surface area (Å²) in [7, 11) is 1.13. The average molecular weight is 400 g/mol. The van der Waals surface area contributed by atoms with E-state index in [1.807, 2.05) is 0 Å². The minimum Gasteiger partial charge on any atom is -0.465 e. The number of ether oxygens (including phenoxy) is 3. The second-order valence-electron chi connectivity index (χ2n) is 4.95. The largest absolute Gasteiger partial charge is 0.465 e. The van der Waals surface area contributed by atoms with Gasteiger partial charge in [0.1, 0.15) is 11.6 Å². The molecule has 0 radical (unpaired) electrons. The van der Waals surface area contributed by atoms with Gasteiger partial charge >= 0.3 is 5.97 Å². The molecule has 0 fully saturated rings. The summed E-state index contributed by atoms with van der Waals surface area (Å²) in [5.74, 6) is -1.46. The fourth-order valence-corrected chi connectivity index (χ4v) is 2.70. The molecule has 126 valence electrons. The van der Waals surface area contributed by atoms with Crippen molar-refractivity contribution in [3.05, 3.63) is 51.5 Å². The van der Waals surface area contributed by atoms with Gasteiger partial charge in [-0.3, -0.25) is 0 Å². The molecule has 0 aliphatic carbocycles. The van der Waals surface area contributed by atoms with Gasteiger partial charge in [-0.05, 0) is 23.8 Å². The van der Waals surface area contributed by atoms with Gasteiger partial charge in [-0.15, -0.1) is 0 Å². The van der Waals surface area contributed by atoms with Crippen LogP contribution >= 0.6 is 15.9 Å². The second-order valence-corrected chi connectivity index (χ2v) is 5.81. The molecule has 0 atom stereocenters. The third-order valence-electron chi connectivity index (χ3n) is 3.47. The zero-order chi connectivity index (χ0) is 17.3. The van der Waals surface area contributed by atoms with Gasteiger partial charge in [-0.25, -0.2) is 13.6 Å². The Morgan fingerprint density at radius 2 is 1.92 bits per heavy atom. The number of fused-ring (bicyclic) bond motifs is 1. The van der Waals surface area contributed by atoms with Crippen molar-refractivity contribution in [2.45, 2.75) is 6.54 Å². The van der Waals surface area contributed by atoms with E-state index in [2.05, 4.69) is 26.0 Å². The van der Waals surface area contributed by atoms with E-state index in [4.69, 9.17) is 9.47 Å². The molecule has 0 bridgehead atoms. The normalized spacial score (nSPS) is 12.2. The average Bonchev–Trinajstić information content (AvgIpc) is 3.00. The van der Waals surface area contributed by atoms with Crippen molar-refractivity contribution in [3.63, 3.8) is 0 Å². The first-order valence-corrected chi connectivity index (χ1v) is 7.68. The number of esters is 1. The Morgan fingerprint density at radius 3 is 2.62 bits per heavy atom. The van der Waals surface area contributed by atoms with Gasteiger partial charge in [0.2, 0.25) is 6.79 Å². The number of hydrogen-bond donors (Lipinski definition) is 1. The molecule has 1 heterocycles. The van der Waals surface area contributed by atoms with Crippen LogP contribution in [0.4, 0.5) is 14.5 Å². The Kier molecular flexibility index (Phi) is 4.57. The van der Waals surface area contributed by atoms with Crippen molar-refractivity contribution in [2.24, 2.45) is 0 Å². The van der Waals surface area contributed by atoms with E-state index >= 15 is 0 Å². The van der Waals surface area contributed by atoms with Gasteiger partial charge in [0.05, 0.1) is 18.4 Å². The minimum atomic E-state index is -0.978. The smallest absolute Gasteiger partial charge is 0.340 e. The summed E-state index contributed by atoms with van der Waals surface area (Å²) < 4.78 is 43.3. The molecular formula is C16H12BrF2NO4. The van der Waals surface area contributed by atoms with Gasteiger partial charge in [0, 0.05) is 17.1 Å². The zero-order valence-electron chi connectivity index (χ0n) is 12.5. The van der Waals surface area contributed by atoms with Gasteiger partial charge < -0.3 is 19.5 Å². The number of benzene rings is 2. The molecule has 3 rings (SSSR count). The van der Waals surface area contributed by atoms with Crippen molar-refractivity contribution in [1.82, 2.24) is 0 Å². The van der Waals surface area contributed by atoms with Crippen molar-refractivity contribution < 1.29 is 27.8 Å². The molecule has 0 spiro atoms. The van der Waals surface area contributed by atoms with Gasteiger partial charge in [0.15, 0.2) is 11.5 Å². The predicted molar refractivity (Wildman–Crippen MR) is 85.3 cm³/mol. The summed E-state index contributed by atoms with van der Waals surface area (Å²) in [4.78, 5) is 11.5. The number of hydrogen-bond acceptors (Lipinski definition) is 5. The number of methoxy groups -OCH3 is 1. The van der Waals surface area contributed by atoms with Crippen LogP contribution in [0.1, 0.15) is 15.9 Å². The van der Waals surface area contributed by atoms with E-state index in [1.54, 1.807) is 12.1 Å². The van der Waals surface area contributed by atoms with E-state index in [-0.39, 0.29) is 24.6 Å². The Labute approximate surface area is 144 Å². The van der Waals surface area contributed by atoms with E-state index in [1.165, 1.54) is 0 Å². The Bertz CT molecular complexity index is 813. The summed E-state index contributed by atoms with van der Waals surface area (Å²) >= 11 is 3.40. The monoisotopic (exact) mass is 399 g/mol. The summed E-state index contributed by atoms with van der Waals surface area (Å²) in [6.07, 6.45) is 0. The summed E-state index contributed by atoms with van der Waals surface area (Å²) in [5, 5.41) is 2.83. The number of carbonyl (C=O) groups excluding carboxylic acids is 1. The SMILES string of the molecule is COC(=O)c1cc(NCc2cc3c(cc2Br)OCO3)c(F)cc1F. The topological polar surface area (TPSA) is 56.8 Å². The third-order valence-corrected chi connectivity index (χ3v) is 4.21. The van der Waals surface area contributed by atoms with Crippen molar-refractivity contribution in [2.75, 3.05) is 19.2 Å². The van der Waals surface area contributed by atoms with Crippen LogP contribution < -0.4 is 14.8 Å². The molecule has 0 saturated heterocycles. The van der Waals surface area contributed by atoms with E-state index in [0.717, 1.165) is 23.2 Å². The molecule has 5 nitrogen and oxygen atoms in total. The maximum absolute atomic E-state index is 13.9. The molecule has 1 aliphatic heterocycles. The molecule has 2 aromatic rings. The minimum absolute atomic E-state index is 0.0126. The van der Waals surface area contributed by atoms with Crippen molar-refractivity contribution in [1.29, 1.82) is 0 Å². The molecule has 0 saturated carbocycles. The second kappa shape index (κ2) is 6.64. The van der Waals surface area contributed by atoms with Crippen LogP contribution in [0.5, 0.6) is 11.5 Å². The lowest BCUT2D eigenvalue weighted by Crippen LogP contribution is -2.08. The first-order chi connectivity index (χ1) is 11.5. The number of halogens is 3. The Balaban J connectivity index is 1.83. The number of rotatable bonds is 4. The van der Waals surface area contributed by atoms with E-state index in [0.29, 0.717) is 17.6 Å². The summed E-state index contributed by atoms with van der Waals surface area (Å²) in [6, 6.07) is 5.23. The van der Waals surface area contributed by atoms with E-state index in [9.17, 15) is 13.6 Å². The van der Waals surface area contributed by atoms with Crippen LogP contribution in [0, 0.1) is 11.6 Å². The molecule has 1 aliphatic rings. The summed E-state index contributed by atoms with van der Waals surface area (Å²) in [6.45, 7) is 0.369. The lowest BCUT2D eigenvalue weighted by molar-refractivity contribution is 0.0595. The Hall–Kier alpha value is -2.35. The van der Waals surface area contributed by atoms with Gasteiger partial charge in [-0.2, -0.15) is 0 Å². The van der Waals surface area contributed by atoms with Crippen LogP contribution in [-0.2, 0) is 11.3 Å². The quantitative estimate of drug-likeness (QED) is 0.791. The molecule has 0 aromatic heterocycles. The van der Waals surface area contributed by atoms with Crippen LogP contribution in [0.15, 0.2) is 28.7 Å².